The summed E-state index contributed by atoms with van der Waals surface area (Å²) in [5.74, 6) is 1.92. The molecule has 2 aromatic rings. The van der Waals surface area contributed by atoms with E-state index in [1.807, 2.05) is 0 Å². The Bertz CT molecular complexity index is 804. The maximum atomic E-state index is 2.36. The van der Waals surface area contributed by atoms with Crippen LogP contribution in [0.1, 0.15) is 101 Å². The first-order chi connectivity index (χ1) is 15.5. The molecule has 1 heterocycles. The second-order valence-electron chi connectivity index (χ2n) is 10.9. The molecule has 4 heteroatoms. The maximum absolute atomic E-state index is 2.36. The van der Waals surface area contributed by atoms with Gasteiger partial charge >= 0.3 is 42.1 Å². The van der Waals surface area contributed by atoms with Gasteiger partial charge in [-0.15, -0.1) is 0 Å². The summed E-state index contributed by atoms with van der Waals surface area (Å²) in [7, 11) is 2.26. The van der Waals surface area contributed by atoms with Gasteiger partial charge in [-0.3, -0.25) is 0 Å². The Hall–Kier alpha value is -1.36. The molecular formula is C29H45BN2Sn. The van der Waals surface area contributed by atoms with Crippen molar-refractivity contribution in [2.24, 2.45) is 0 Å². The van der Waals surface area contributed by atoms with E-state index in [0.29, 0.717) is 23.7 Å². The molecule has 0 aromatic heterocycles. The van der Waals surface area contributed by atoms with E-state index in [-0.39, 0.29) is 0 Å². The zero-order valence-electron chi connectivity index (χ0n) is 22.9. The summed E-state index contributed by atoms with van der Waals surface area (Å²) in [5.41, 5.74) is 8.29. The van der Waals surface area contributed by atoms with Crippen LogP contribution in [0.2, 0.25) is 14.8 Å². The molecular weight excluding hydrogens is 506 g/mol. The van der Waals surface area contributed by atoms with Crippen molar-refractivity contribution >= 4 is 38.7 Å². The van der Waals surface area contributed by atoms with Gasteiger partial charge in [0, 0.05) is 23.8 Å². The molecule has 0 aliphatic carbocycles. The Morgan fingerprint density at radius 3 is 1.00 bits per heavy atom. The topological polar surface area (TPSA) is 6.48 Å². The summed E-state index contributed by atoms with van der Waals surface area (Å²) in [6.07, 6.45) is 4.43. The van der Waals surface area contributed by atoms with E-state index >= 15 is 0 Å². The third-order valence-electron chi connectivity index (χ3n) is 5.84. The summed E-state index contributed by atoms with van der Waals surface area (Å²) in [5, 5.41) is 0. The Morgan fingerprint density at radius 2 is 0.788 bits per heavy atom. The minimum absolute atomic E-state index is 0.480. The van der Waals surface area contributed by atoms with Gasteiger partial charge in [0.25, 0.3) is 0 Å². The zero-order chi connectivity index (χ0) is 24.9. The third kappa shape index (κ3) is 7.07. The summed E-state index contributed by atoms with van der Waals surface area (Å²) < 4.78 is 0. The SMILES string of the molecule is CC(C)c1cccc(C(C)C)c1N1[B]N(c2c(C(C)C)cccc2C(C)C)C=C1.[CH3][Sn]([CH3])[CH3]. The van der Waals surface area contributed by atoms with E-state index < -0.39 is 19.8 Å². The van der Waals surface area contributed by atoms with Crippen molar-refractivity contribution < 1.29 is 0 Å². The first kappa shape index (κ1) is 27.9. The number of benzene rings is 2. The molecule has 3 rings (SSSR count). The first-order valence-electron chi connectivity index (χ1n) is 12.6. The van der Waals surface area contributed by atoms with Gasteiger partial charge in [-0.05, 0) is 45.9 Å². The normalized spacial score (nSPS) is 13.5. The molecule has 0 amide bonds. The van der Waals surface area contributed by atoms with E-state index in [0.717, 1.165) is 0 Å². The van der Waals surface area contributed by atoms with Crippen LogP contribution in [0.5, 0.6) is 0 Å². The van der Waals surface area contributed by atoms with E-state index in [4.69, 9.17) is 0 Å². The van der Waals surface area contributed by atoms with Gasteiger partial charge in [-0.2, -0.15) is 0 Å². The Balaban J connectivity index is 0.000000890. The molecule has 2 radical (unpaired) electrons. The number of hydrogen-bond donors (Lipinski definition) is 0. The Kier molecular flexibility index (Phi) is 10.5. The fourth-order valence-electron chi connectivity index (χ4n) is 4.24. The van der Waals surface area contributed by atoms with E-state index in [9.17, 15) is 0 Å². The monoisotopic (exact) mass is 552 g/mol. The molecule has 0 atom stereocenters. The molecule has 1 aliphatic heterocycles. The molecule has 0 unspecified atom stereocenters. The summed E-state index contributed by atoms with van der Waals surface area (Å²) in [6.45, 7) is 18.3. The van der Waals surface area contributed by atoms with E-state index in [1.165, 1.54) is 33.6 Å². The van der Waals surface area contributed by atoms with Crippen LogP contribution in [0.25, 0.3) is 0 Å². The second kappa shape index (κ2) is 12.4. The van der Waals surface area contributed by atoms with Crippen LogP contribution in [0.4, 0.5) is 11.4 Å². The molecule has 33 heavy (non-hydrogen) atoms. The Labute approximate surface area is 212 Å². The van der Waals surface area contributed by atoms with E-state index in [1.54, 1.807) is 0 Å². The first-order valence-corrected chi connectivity index (χ1v) is 21.1. The molecule has 0 saturated carbocycles. The van der Waals surface area contributed by atoms with Gasteiger partial charge in [0.2, 0.25) is 0 Å². The predicted octanol–water partition coefficient (Wildman–Crippen LogP) is 8.88. The molecule has 0 N–H and O–H groups in total. The summed E-state index contributed by atoms with van der Waals surface area (Å²) in [4.78, 5) is 11.7. The standard InChI is InChI=1S/C26H36BN2.3CH3.Sn/c1-17(2)21-11-9-12-22(18(3)4)25(21)28-15-16-29(27-28)26-23(19(5)6)13-10-14-24(26)20(7)8;;;;/h9-20H,1-8H3;3*1H3;. The van der Waals surface area contributed by atoms with Gasteiger partial charge < -0.3 is 9.62 Å². The molecule has 1 aliphatic rings. The van der Waals surface area contributed by atoms with Gasteiger partial charge in [0.05, 0.1) is 0 Å². The van der Waals surface area contributed by atoms with Gasteiger partial charge in [0.15, 0.2) is 0 Å². The fourth-order valence-corrected chi connectivity index (χ4v) is 4.24. The molecule has 0 saturated heterocycles. The van der Waals surface area contributed by atoms with Crippen molar-refractivity contribution in [1.29, 1.82) is 0 Å². The van der Waals surface area contributed by atoms with Crippen LogP contribution in [-0.2, 0) is 0 Å². The average Bonchev–Trinajstić information content (AvgIpc) is 3.21. The van der Waals surface area contributed by atoms with Crippen LogP contribution in [0.15, 0.2) is 48.8 Å². The number of rotatable bonds is 6. The van der Waals surface area contributed by atoms with Crippen molar-refractivity contribution in [3.63, 3.8) is 0 Å². The quantitative estimate of drug-likeness (QED) is 0.331. The van der Waals surface area contributed by atoms with Crippen LogP contribution in [0, 0.1) is 0 Å². The minimum atomic E-state index is -0.543. The number of nitrogens with zero attached hydrogens (tertiary/aromatic N) is 2. The predicted molar refractivity (Wildman–Crippen MR) is 152 cm³/mol. The molecule has 0 bridgehead atoms. The summed E-state index contributed by atoms with van der Waals surface area (Å²) >= 11 is -0.543. The number of para-hydroxylation sites is 2. The van der Waals surface area contributed by atoms with Gasteiger partial charge in [-0.25, -0.2) is 0 Å². The van der Waals surface area contributed by atoms with Crippen LogP contribution < -0.4 is 9.62 Å². The van der Waals surface area contributed by atoms with Crippen LogP contribution >= 0.6 is 0 Å². The van der Waals surface area contributed by atoms with Gasteiger partial charge in [0.1, 0.15) is 0 Å². The average molecular weight is 551 g/mol. The number of anilines is 2. The van der Waals surface area contributed by atoms with Crippen molar-refractivity contribution in [2.45, 2.75) is 93.9 Å². The third-order valence-corrected chi connectivity index (χ3v) is 5.84. The van der Waals surface area contributed by atoms with Crippen LogP contribution in [0.3, 0.4) is 0 Å². The summed E-state index contributed by atoms with van der Waals surface area (Å²) in [6, 6.07) is 13.5. The zero-order valence-corrected chi connectivity index (χ0v) is 25.8. The molecule has 0 fully saturated rings. The molecule has 2 aromatic carbocycles. The fraction of sp³-hybridized carbons (Fsp3) is 0.517. The van der Waals surface area contributed by atoms with Gasteiger partial charge in [-0.1, -0.05) is 91.8 Å². The van der Waals surface area contributed by atoms with Crippen molar-refractivity contribution in [2.75, 3.05) is 9.62 Å². The van der Waals surface area contributed by atoms with Crippen molar-refractivity contribution in [3.05, 3.63) is 71.1 Å². The number of hydrogen-bond acceptors (Lipinski definition) is 2. The Morgan fingerprint density at radius 1 is 0.545 bits per heavy atom. The van der Waals surface area contributed by atoms with Crippen molar-refractivity contribution in [3.8, 4) is 0 Å². The van der Waals surface area contributed by atoms with E-state index in [2.05, 4.69) is 136 Å². The molecule has 178 valence electrons. The molecule has 0 spiro atoms. The molecule has 2 nitrogen and oxygen atoms in total. The second-order valence-corrected chi connectivity index (χ2v) is 19.5. The van der Waals surface area contributed by atoms with Crippen LogP contribution in [-0.4, -0.2) is 27.3 Å². The van der Waals surface area contributed by atoms with Crippen molar-refractivity contribution in [1.82, 2.24) is 0 Å².